The maximum atomic E-state index is 11.7. The number of piperidine rings is 3. The zero-order valence-electron chi connectivity index (χ0n) is 10.0. The summed E-state index contributed by atoms with van der Waals surface area (Å²) in [4.78, 5) is 11.7. The van der Waals surface area contributed by atoms with Gasteiger partial charge in [0.1, 0.15) is 5.78 Å². The van der Waals surface area contributed by atoms with Gasteiger partial charge in [0.05, 0.1) is 0 Å². The van der Waals surface area contributed by atoms with Crippen LogP contribution in [0.1, 0.15) is 51.4 Å². The third-order valence-electron chi connectivity index (χ3n) is 4.41. The molecule has 3 aliphatic heterocycles. The lowest BCUT2D eigenvalue weighted by Gasteiger charge is -2.51. The fourth-order valence-corrected chi connectivity index (χ4v) is 3.72. The summed E-state index contributed by atoms with van der Waals surface area (Å²) in [6.07, 6.45) is 9.48. The summed E-state index contributed by atoms with van der Waals surface area (Å²) in [6.45, 7) is 2.45. The second kappa shape index (κ2) is 4.46. The monoisotopic (exact) mass is 222 g/mol. The van der Waals surface area contributed by atoms with Crippen LogP contribution in [0.25, 0.3) is 0 Å². The second-order valence-corrected chi connectivity index (χ2v) is 5.58. The van der Waals surface area contributed by atoms with Crippen molar-refractivity contribution < 1.29 is 4.79 Å². The minimum Gasteiger partial charge on any atom is -0.300 e. The Morgan fingerprint density at radius 2 is 1.50 bits per heavy atom. The molecule has 0 amide bonds. The number of ketones is 1. The molecule has 0 spiro atoms. The molecule has 90 valence electrons. The van der Waals surface area contributed by atoms with Crippen molar-refractivity contribution in [2.45, 2.75) is 63.5 Å². The van der Waals surface area contributed by atoms with E-state index in [0.717, 1.165) is 12.8 Å². The summed E-state index contributed by atoms with van der Waals surface area (Å²) in [6, 6.07) is 1.08. The number of carbonyl (C=O) groups is 1. The van der Waals surface area contributed by atoms with Crippen molar-refractivity contribution in [3.8, 4) is 0 Å². The Bertz CT molecular complexity index is 257. The lowest BCUT2D eigenvalue weighted by Crippen LogP contribution is -2.60. The highest BCUT2D eigenvalue weighted by Crippen LogP contribution is 2.34. The van der Waals surface area contributed by atoms with Crippen molar-refractivity contribution in [1.82, 2.24) is 10.0 Å². The maximum Gasteiger partial charge on any atom is 0.136 e. The molecule has 0 radical (unpaired) electrons. The fourth-order valence-electron chi connectivity index (χ4n) is 3.72. The molecule has 3 nitrogen and oxygen atoms in total. The summed E-state index contributed by atoms with van der Waals surface area (Å²) >= 11 is 0. The average Bonchev–Trinajstić information content (AvgIpc) is 2.29. The van der Waals surface area contributed by atoms with Gasteiger partial charge in [-0.1, -0.05) is 12.8 Å². The molecule has 3 heterocycles. The topological polar surface area (TPSA) is 23.6 Å². The number of nitrogens with zero attached hydrogens (tertiary/aromatic N) is 2. The quantitative estimate of drug-likeness (QED) is 0.677. The molecule has 0 aromatic rings. The Morgan fingerprint density at radius 3 is 2.12 bits per heavy atom. The average molecular weight is 222 g/mol. The lowest BCUT2D eigenvalue weighted by atomic mass is 9.85. The van der Waals surface area contributed by atoms with Gasteiger partial charge in [-0.2, -0.15) is 0 Å². The van der Waals surface area contributed by atoms with Gasteiger partial charge in [-0.15, -0.1) is 0 Å². The van der Waals surface area contributed by atoms with Crippen LogP contribution < -0.4 is 0 Å². The lowest BCUT2D eigenvalue weighted by molar-refractivity contribution is -0.157. The molecule has 3 rings (SSSR count). The number of hydrogen-bond donors (Lipinski definition) is 0. The van der Waals surface area contributed by atoms with Gasteiger partial charge in [0, 0.05) is 38.0 Å². The van der Waals surface area contributed by atoms with E-state index < -0.39 is 0 Å². The Balaban J connectivity index is 1.75. The number of hydrazine groups is 1. The van der Waals surface area contributed by atoms with Gasteiger partial charge < -0.3 is 0 Å². The smallest absolute Gasteiger partial charge is 0.136 e. The summed E-state index contributed by atoms with van der Waals surface area (Å²) in [7, 11) is 0. The number of carbonyl (C=O) groups excluding carboxylic acids is 1. The standard InChI is InChI=1S/C13H22N2O/c16-13-9-11-5-4-6-12(10-13)15(11)14-7-2-1-3-8-14/h11-12H,1-10H2. The molecule has 2 bridgehead atoms. The van der Waals surface area contributed by atoms with Gasteiger partial charge in [-0.25, -0.2) is 10.0 Å². The van der Waals surface area contributed by atoms with E-state index in [1.807, 2.05) is 0 Å². The van der Waals surface area contributed by atoms with Crippen LogP contribution in [-0.4, -0.2) is 41.0 Å². The molecule has 0 N–H and O–H groups in total. The van der Waals surface area contributed by atoms with Crippen LogP contribution >= 0.6 is 0 Å². The highest BCUT2D eigenvalue weighted by atomic mass is 16.1. The minimum absolute atomic E-state index is 0.503. The van der Waals surface area contributed by atoms with Gasteiger partial charge in [0.15, 0.2) is 0 Å². The molecule has 16 heavy (non-hydrogen) atoms. The van der Waals surface area contributed by atoms with Gasteiger partial charge in [-0.05, 0) is 25.7 Å². The van der Waals surface area contributed by atoms with E-state index in [2.05, 4.69) is 10.0 Å². The van der Waals surface area contributed by atoms with Crippen LogP contribution in [0, 0.1) is 0 Å². The maximum absolute atomic E-state index is 11.7. The normalized spacial score (nSPS) is 37.6. The molecule has 3 fully saturated rings. The van der Waals surface area contributed by atoms with Gasteiger partial charge in [0.25, 0.3) is 0 Å². The summed E-state index contributed by atoms with van der Waals surface area (Å²) in [5.41, 5.74) is 0. The van der Waals surface area contributed by atoms with E-state index in [0.29, 0.717) is 17.9 Å². The number of hydrogen-bond acceptors (Lipinski definition) is 3. The Morgan fingerprint density at radius 1 is 0.875 bits per heavy atom. The van der Waals surface area contributed by atoms with Crippen LogP contribution in [0.5, 0.6) is 0 Å². The third-order valence-corrected chi connectivity index (χ3v) is 4.41. The summed E-state index contributed by atoms with van der Waals surface area (Å²) in [5.74, 6) is 0.503. The van der Waals surface area contributed by atoms with E-state index in [-0.39, 0.29) is 0 Å². The predicted molar refractivity (Wildman–Crippen MR) is 62.9 cm³/mol. The summed E-state index contributed by atoms with van der Waals surface area (Å²) < 4.78 is 0. The first kappa shape index (κ1) is 10.7. The van der Waals surface area contributed by atoms with E-state index in [1.54, 1.807) is 0 Å². The van der Waals surface area contributed by atoms with Crippen molar-refractivity contribution in [1.29, 1.82) is 0 Å². The molecule has 3 aliphatic rings. The van der Waals surface area contributed by atoms with Crippen LogP contribution in [0.3, 0.4) is 0 Å². The van der Waals surface area contributed by atoms with Crippen LogP contribution in [0.4, 0.5) is 0 Å². The van der Waals surface area contributed by atoms with Crippen LogP contribution in [0.2, 0.25) is 0 Å². The largest absolute Gasteiger partial charge is 0.300 e. The highest BCUT2D eigenvalue weighted by molar-refractivity contribution is 5.80. The molecule has 2 atom stereocenters. The SMILES string of the molecule is O=C1CC2CCCC(C1)N2N1CCCCC1. The first-order valence-electron chi connectivity index (χ1n) is 6.89. The number of Topliss-reactive ketones (excluding diaryl/α,β-unsaturated/α-hetero) is 1. The zero-order valence-corrected chi connectivity index (χ0v) is 10.0. The van der Waals surface area contributed by atoms with Crippen LogP contribution in [0.15, 0.2) is 0 Å². The van der Waals surface area contributed by atoms with Crippen molar-refractivity contribution >= 4 is 5.78 Å². The first-order chi connectivity index (χ1) is 7.84. The van der Waals surface area contributed by atoms with Crippen molar-refractivity contribution in [3.63, 3.8) is 0 Å². The second-order valence-electron chi connectivity index (χ2n) is 5.58. The first-order valence-corrected chi connectivity index (χ1v) is 6.89. The van der Waals surface area contributed by atoms with Crippen molar-refractivity contribution in [3.05, 3.63) is 0 Å². The number of fused-ring (bicyclic) bond motifs is 2. The summed E-state index contributed by atoms with van der Waals surface area (Å²) in [5, 5.41) is 5.16. The molecule has 0 saturated carbocycles. The Labute approximate surface area is 97.8 Å². The fraction of sp³-hybridized carbons (Fsp3) is 0.923. The van der Waals surface area contributed by atoms with Gasteiger partial charge in [-0.3, -0.25) is 4.79 Å². The molecular formula is C13H22N2O. The third kappa shape index (κ3) is 1.91. The van der Waals surface area contributed by atoms with Gasteiger partial charge >= 0.3 is 0 Å². The minimum atomic E-state index is 0.503. The van der Waals surface area contributed by atoms with E-state index in [1.165, 1.54) is 51.6 Å². The Kier molecular flexibility index (Phi) is 2.99. The Hall–Kier alpha value is -0.410. The predicted octanol–water partition coefficient (Wildman–Crippen LogP) is 1.97. The molecule has 0 aromatic carbocycles. The van der Waals surface area contributed by atoms with E-state index >= 15 is 0 Å². The molecule has 0 aliphatic carbocycles. The molecule has 0 aromatic heterocycles. The van der Waals surface area contributed by atoms with E-state index in [9.17, 15) is 4.79 Å². The number of rotatable bonds is 1. The van der Waals surface area contributed by atoms with E-state index in [4.69, 9.17) is 0 Å². The zero-order chi connectivity index (χ0) is 11.0. The van der Waals surface area contributed by atoms with Crippen molar-refractivity contribution in [2.75, 3.05) is 13.1 Å². The van der Waals surface area contributed by atoms with Gasteiger partial charge in [0.2, 0.25) is 0 Å². The molecule has 2 unspecified atom stereocenters. The molecule has 3 heteroatoms. The molecular weight excluding hydrogens is 200 g/mol. The van der Waals surface area contributed by atoms with Crippen molar-refractivity contribution in [2.24, 2.45) is 0 Å². The van der Waals surface area contributed by atoms with Crippen LogP contribution in [-0.2, 0) is 4.79 Å². The highest BCUT2D eigenvalue weighted by Gasteiger charge is 2.40. The molecule has 3 saturated heterocycles.